The molecule has 0 aromatic carbocycles. The van der Waals surface area contributed by atoms with E-state index in [4.69, 9.17) is 9.15 Å². The van der Waals surface area contributed by atoms with Crippen molar-refractivity contribution in [3.63, 3.8) is 0 Å². The van der Waals surface area contributed by atoms with Gasteiger partial charge in [0.1, 0.15) is 5.82 Å². The number of H-pyrrole nitrogens is 1. The predicted octanol–water partition coefficient (Wildman–Crippen LogP) is 1.97. The number of nitrogens with zero attached hydrogens (tertiary/aromatic N) is 2. The summed E-state index contributed by atoms with van der Waals surface area (Å²) in [5, 5.41) is 9.92. The number of aliphatic hydroxyl groups is 1. The first kappa shape index (κ1) is 12.0. The van der Waals surface area contributed by atoms with Crippen LogP contribution in [0, 0.1) is 6.92 Å². The fourth-order valence-electron chi connectivity index (χ4n) is 1.99. The fraction of sp³-hybridized carbons (Fsp3) is 0.308. The number of nitrogens with one attached hydrogen (secondary N) is 1. The minimum atomic E-state index is -0.980. The lowest BCUT2D eigenvalue weighted by atomic mass is 10.4. The van der Waals surface area contributed by atoms with Gasteiger partial charge in [-0.1, -0.05) is 0 Å². The molecule has 6 heteroatoms. The second-order valence-corrected chi connectivity index (χ2v) is 4.31. The monoisotopic (exact) mass is 261 g/mol. The Morgan fingerprint density at radius 1 is 1.58 bits per heavy atom. The van der Waals surface area contributed by atoms with Gasteiger partial charge in [-0.25, -0.2) is 4.98 Å². The molecular weight excluding hydrogens is 246 g/mol. The smallest absolute Gasteiger partial charge is 0.196 e. The normalized spacial score (nSPS) is 13.2. The zero-order chi connectivity index (χ0) is 13.2. The summed E-state index contributed by atoms with van der Waals surface area (Å²) in [6.07, 6.45) is 4.24. The summed E-state index contributed by atoms with van der Waals surface area (Å²) >= 11 is 0. The lowest BCUT2D eigenvalue weighted by Crippen LogP contribution is -2.11. The Morgan fingerprint density at radius 2 is 2.47 bits per heavy atom. The van der Waals surface area contributed by atoms with Gasteiger partial charge < -0.3 is 23.8 Å². The number of aromatic nitrogens is 3. The highest BCUT2D eigenvalue weighted by atomic mass is 16.6. The van der Waals surface area contributed by atoms with Crippen LogP contribution >= 0.6 is 0 Å². The average Bonchev–Trinajstić information content (AvgIpc) is 3.04. The molecule has 0 fully saturated rings. The molecule has 100 valence electrons. The van der Waals surface area contributed by atoms with Gasteiger partial charge in [0.25, 0.3) is 0 Å². The topological polar surface area (TPSA) is 76.2 Å². The summed E-state index contributed by atoms with van der Waals surface area (Å²) < 4.78 is 12.6. The van der Waals surface area contributed by atoms with E-state index in [2.05, 4.69) is 9.97 Å². The van der Waals surface area contributed by atoms with Crippen molar-refractivity contribution < 1.29 is 14.3 Å². The number of rotatable bonds is 5. The molecule has 1 unspecified atom stereocenters. The highest BCUT2D eigenvalue weighted by Gasteiger charge is 2.12. The molecule has 1 atom stereocenters. The molecule has 6 nitrogen and oxygen atoms in total. The molecule has 0 bridgehead atoms. The van der Waals surface area contributed by atoms with Crippen molar-refractivity contribution in [2.24, 2.45) is 0 Å². The van der Waals surface area contributed by atoms with E-state index in [1.807, 2.05) is 17.7 Å². The minimum Gasteiger partial charge on any atom is -0.463 e. The third-order valence-electron chi connectivity index (χ3n) is 3.06. The number of aryl methyl sites for hydroxylation is 1. The van der Waals surface area contributed by atoms with Gasteiger partial charge in [-0.05, 0) is 6.92 Å². The molecule has 0 spiro atoms. The number of hydrogen-bond acceptors (Lipinski definition) is 4. The van der Waals surface area contributed by atoms with Gasteiger partial charge in [-0.15, -0.1) is 0 Å². The van der Waals surface area contributed by atoms with E-state index in [0.29, 0.717) is 24.4 Å². The molecular formula is C13H15N3O3. The number of furan rings is 1. The quantitative estimate of drug-likeness (QED) is 0.688. The SMILES string of the molecule is Cc1nccn1CCOC(O)c1cc2occc2[nH]1. The standard InChI is InChI=1S/C13H15N3O3/c1-9-14-3-4-16(9)5-7-19-13(17)11-8-12-10(15-11)2-6-18-12/h2-4,6,8,13,15,17H,5,7H2,1H3. The van der Waals surface area contributed by atoms with Gasteiger partial charge >= 0.3 is 0 Å². The van der Waals surface area contributed by atoms with E-state index in [0.717, 1.165) is 11.3 Å². The van der Waals surface area contributed by atoms with Crippen LogP contribution < -0.4 is 0 Å². The van der Waals surface area contributed by atoms with Crippen LogP contribution in [0.4, 0.5) is 0 Å². The van der Waals surface area contributed by atoms with Crippen LogP contribution in [0.5, 0.6) is 0 Å². The second kappa shape index (κ2) is 4.91. The maximum atomic E-state index is 9.92. The molecule has 3 aromatic heterocycles. The van der Waals surface area contributed by atoms with Crippen LogP contribution in [-0.2, 0) is 11.3 Å². The Morgan fingerprint density at radius 3 is 3.21 bits per heavy atom. The van der Waals surface area contributed by atoms with Crippen LogP contribution in [-0.4, -0.2) is 26.2 Å². The Balaban J connectivity index is 1.58. The molecule has 0 saturated heterocycles. The third kappa shape index (κ3) is 2.40. The van der Waals surface area contributed by atoms with Crippen molar-refractivity contribution in [1.82, 2.24) is 14.5 Å². The Kier molecular flexibility index (Phi) is 3.10. The number of imidazole rings is 1. The van der Waals surface area contributed by atoms with Crippen molar-refractivity contribution in [1.29, 1.82) is 0 Å². The molecule has 3 rings (SSSR count). The molecule has 0 aliphatic carbocycles. The van der Waals surface area contributed by atoms with Gasteiger partial charge in [0, 0.05) is 31.1 Å². The van der Waals surface area contributed by atoms with E-state index in [1.54, 1.807) is 24.6 Å². The summed E-state index contributed by atoms with van der Waals surface area (Å²) in [6.45, 7) is 2.98. The van der Waals surface area contributed by atoms with Gasteiger partial charge in [-0.3, -0.25) is 0 Å². The minimum absolute atomic E-state index is 0.402. The van der Waals surface area contributed by atoms with Gasteiger partial charge in [0.05, 0.1) is 24.1 Å². The fourth-order valence-corrected chi connectivity index (χ4v) is 1.99. The highest BCUT2D eigenvalue weighted by Crippen LogP contribution is 2.21. The highest BCUT2D eigenvalue weighted by molar-refractivity contribution is 5.74. The molecule has 0 saturated carbocycles. The van der Waals surface area contributed by atoms with Gasteiger partial charge in [0.2, 0.25) is 0 Å². The molecule has 0 aliphatic heterocycles. The molecule has 0 radical (unpaired) electrons. The number of hydrogen-bond donors (Lipinski definition) is 2. The van der Waals surface area contributed by atoms with Gasteiger partial charge in [0.15, 0.2) is 11.9 Å². The number of aliphatic hydroxyl groups excluding tert-OH is 1. The van der Waals surface area contributed by atoms with Crippen molar-refractivity contribution in [2.75, 3.05) is 6.61 Å². The largest absolute Gasteiger partial charge is 0.463 e. The third-order valence-corrected chi connectivity index (χ3v) is 3.06. The zero-order valence-electron chi connectivity index (χ0n) is 10.5. The number of fused-ring (bicyclic) bond motifs is 1. The second-order valence-electron chi connectivity index (χ2n) is 4.31. The lowest BCUT2D eigenvalue weighted by molar-refractivity contribution is -0.107. The number of aromatic amines is 1. The maximum absolute atomic E-state index is 9.92. The van der Waals surface area contributed by atoms with E-state index >= 15 is 0 Å². The first-order valence-corrected chi connectivity index (χ1v) is 6.07. The van der Waals surface area contributed by atoms with E-state index in [-0.39, 0.29) is 0 Å². The molecule has 3 heterocycles. The zero-order valence-corrected chi connectivity index (χ0v) is 10.5. The van der Waals surface area contributed by atoms with E-state index in [1.165, 1.54) is 0 Å². The first-order chi connectivity index (χ1) is 9.24. The van der Waals surface area contributed by atoms with E-state index < -0.39 is 6.29 Å². The summed E-state index contributed by atoms with van der Waals surface area (Å²) in [4.78, 5) is 7.16. The lowest BCUT2D eigenvalue weighted by Gasteiger charge is -2.11. The predicted molar refractivity (Wildman–Crippen MR) is 68.4 cm³/mol. The summed E-state index contributed by atoms with van der Waals surface area (Å²) in [7, 11) is 0. The van der Waals surface area contributed by atoms with Crippen LogP contribution in [0.1, 0.15) is 17.8 Å². The van der Waals surface area contributed by atoms with Crippen molar-refractivity contribution in [2.45, 2.75) is 19.8 Å². The van der Waals surface area contributed by atoms with Crippen LogP contribution in [0.25, 0.3) is 11.1 Å². The Bertz CT molecular complexity index is 639. The van der Waals surface area contributed by atoms with Crippen molar-refractivity contribution in [3.8, 4) is 0 Å². The van der Waals surface area contributed by atoms with Crippen molar-refractivity contribution >= 4 is 11.1 Å². The van der Waals surface area contributed by atoms with E-state index in [9.17, 15) is 5.11 Å². The summed E-state index contributed by atoms with van der Waals surface area (Å²) in [5.41, 5.74) is 2.16. The Labute approximate surface area is 109 Å². The molecule has 0 amide bonds. The Hall–Kier alpha value is -2.05. The molecule has 2 N–H and O–H groups in total. The van der Waals surface area contributed by atoms with Gasteiger partial charge in [-0.2, -0.15) is 0 Å². The van der Waals surface area contributed by atoms with Crippen LogP contribution in [0.15, 0.2) is 35.2 Å². The van der Waals surface area contributed by atoms with Crippen molar-refractivity contribution in [3.05, 3.63) is 42.3 Å². The molecule has 19 heavy (non-hydrogen) atoms. The summed E-state index contributed by atoms with van der Waals surface area (Å²) in [6, 6.07) is 3.54. The summed E-state index contributed by atoms with van der Waals surface area (Å²) in [5.74, 6) is 0.926. The molecule has 0 aliphatic rings. The number of ether oxygens (including phenoxy) is 1. The van der Waals surface area contributed by atoms with Crippen LogP contribution in [0.2, 0.25) is 0 Å². The first-order valence-electron chi connectivity index (χ1n) is 6.07. The maximum Gasteiger partial charge on any atom is 0.196 e. The van der Waals surface area contributed by atoms with Crippen LogP contribution in [0.3, 0.4) is 0 Å². The molecule has 3 aromatic rings. The average molecular weight is 261 g/mol.